The predicted molar refractivity (Wildman–Crippen MR) is 83.1 cm³/mol. The number of amides is 2. The molecule has 0 fully saturated rings. The van der Waals surface area contributed by atoms with Gasteiger partial charge in [0.15, 0.2) is 6.61 Å². The van der Waals surface area contributed by atoms with Crippen LogP contribution in [0.15, 0.2) is 41.0 Å². The summed E-state index contributed by atoms with van der Waals surface area (Å²) in [6, 6.07) is 8.04. The lowest BCUT2D eigenvalue weighted by Gasteiger charge is -2.07. The maximum atomic E-state index is 11.8. The van der Waals surface area contributed by atoms with E-state index in [1.54, 1.807) is 31.2 Å². The third-order valence-corrected chi connectivity index (χ3v) is 2.90. The second-order valence-electron chi connectivity index (χ2n) is 4.77. The average molecular weight is 316 g/mol. The highest BCUT2D eigenvalue weighted by atomic mass is 16.5. The number of hydrogen-bond acceptors (Lipinski definition) is 5. The van der Waals surface area contributed by atoms with Crippen LogP contribution in [0.5, 0.6) is 0 Å². The summed E-state index contributed by atoms with van der Waals surface area (Å²) in [7, 11) is 0. The smallest absolute Gasteiger partial charge is 0.342 e. The van der Waals surface area contributed by atoms with Crippen LogP contribution in [0.3, 0.4) is 0 Å². The molecule has 0 spiro atoms. The number of anilines is 2. The molecule has 0 unspecified atom stereocenters. The first-order valence-corrected chi connectivity index (χ1v) is 6.84. The van der Waals surface area contributed by atoms with Gasteiger partial charge in [0, 0.05) is 18.3 Å². The molecule has 2 N–H and O–H groups in total. The molecule has 2 rings (SSSR count). The molecule has 1 aromatic heterocycles. The number of ether oxygens (including phenoxy) is 1. The van der Waals surface area contributed by atoms with Crippen molar-refractivity contribution in [1.82, 2.24) is 0 Å². The van der Waals surface area contributed by atoms with Crippen molar-refractivity contribution in [2.75, 3.05) is 17.2 Å². The summed E-state index contributed by atoms with van der Waals surface area (Å²) in [6.07, 6.45) is 1.38. The highest BCUT2D eigenvalue weighted by Gasteiger charge is 2.14. The zero-order chi connectivity index (χ0) is 16.8. The van der Waals surface area contributed by atoms with E-state index in [9.17, 15) is 14.4 Å². The Morgan fingerprint density at radius 1 is 1.04 bits per heavy atom. The minimum absolute atomic E-state index is 0.178. The van der Waals surface area contributed by atoms with E-state index in [2.05, 4.69) is 10.6 Å². The van der Waals surface area contributed by atoms with Crippen molar-refractivity contribution in [1.29, 1.82) is 0 Å². The quantitative estimate of drug-likeness (QED) is 0.825. The van der Waals surface area contributed by atoms with Gasteiger partial charge in [-0.05, 0) is 37.3 Å². The molecule has 0 aliphatic heterocycles. The van der Waals surface area contributed by atoms with E-state index in [0.29, 0.717) is 17.1 Å². The van der Waals surface area contributed by atoms with E-state index in [1.165, 1.54) is 19.3 Å². The molecule has 0 saturated heterocycles. The number of nitrogens with one attached hydrogen (secondary N) is 2. The van der Waals surface area contributed by atoms with Crippen molar-refractivity contribution in [2.45, 2.75) is 13.8 Å². The summed E-state index contributed by atoms with van der Waals surface area (Å²) in [5, 5.41) is 5.20. The number of benzene rings is 1. The zero-order valence-electron chi connectivity index (χ0n) is 12.7. The molecule has 1 heterocycles. The van der Waals surface area contributed by atoms with Gasteiger partial charge in [0.1, 0.15) is 11.3 Å². The molecule has 0 aliphatic carbocycles. The number of carbonyl (C=O) groups is 3. The van der Waals surface area contributed by atoms with E-state index in [-0.39, 0.29) is 11.5 Å². The van der Waals surface area contributed by atoms with Crippen LogP contribution in [-0.2, 0) is 14.3 Å². The normalized spacial score (nSPS) is 10.0. The molecular weight excluding hydrogens is 300 g/mol. The van der Waals surface area contributed by atoms with Gasteiger partial charge in [-0.15, -0.1) is 0 Å². The summed E-state index contributed by atoms with van der Waals surface area (Å²) >= 11 is 0. The first-order valence-electron chi connectivity index (χ1n) is 6.84. The molecule has 0 saturated carbocycles. The van der Waals surface area contributed by atoms with Crippen molar-refractivity contribution < 1.29 is 23.5 Å². The van der Waals surface area contributed by atoms with Crippen molar-refractivity contribution in [3.05, 3.63) is 47.9 Å². The number of aryl methyl sites for hydroxylation is 1. The van der Waals surface area contributed by atoms with Gasteiger partial charge in [-0.3, -0.25) is 9.59 Å². The summed E-state index contributed by atoms with van der Waals surface area (Å²) in [6.45, 7) is 2.63. The van der Waals surface area contributed by atoms with Gasteiger partial charge in [0.25, 0.3) is 5.91 Å². The molecule has 0 aliphatic rings. The predicted octanol–water partition coefficient (Wildman–Crippen LogP) is 2.34. The standard InChI is InChI=1S/C16H16N2O5/c1-10-14(7-8-22-10)16(21)23-9-15(20)18-13-5-3-12(4-6-13)17-11(2)19/h3-8H,9H2,1-2H3,(H,17,19)(H,18,20). The second-order valence-corrected chi connectivity index (χ2v) is 4.77. The summed E-state index contributed by atoms with van der Waals surface area (Å²) in [5.41, 5.74) is 1.44. The molecule has 1 aromatic carbocycles. The second kappa shape index (κ2) is 7.26. The van der Waals surface area contributed by atoms with Crippen molar-refractivity contribution in [2.24, 2.45) is 0 Å². The molecule has 0 atom stereocenters. The van der Waals surface area contributed by atoms with Crippen LogP contribution in [0.1, 0.15) is 23.0 Å². The minimum atomic E-state index is -0.618. The van der Waals surface area contributed by atoms with Crippen molar-refractivity contribution in [3.8, 4) is 0 Å². The first-order chi connectivity index (χ1) is 11.0. The number of carbonyl (C=O) groups excluding carboxylic acids is 3. The van der Waals surface area contributed by atoms with Gasteiger partial charge < -0.3 is 19.8 Å². The molecule has 2 amide bonds. The van der Waals surface area contributed by atoms with Gasteiger partial charge >= 0.3 is 5.97 Å². The Balaban J connectivity index is 1.84. The van der Waals surface area contributed by atoms with E-state index in [4.69, 9.17) is 9.15 Å². The average Bonchev–Trinajstić information content (AvgIpc) is 2.92. The largest absolute Gasteiger partial charge is 0.469 e. The monoisotopic (exact) mass is 316 g/mol. The molecule has 120 valence electrons. The maximum absolute atomic E-state index is 11.8. The van der Waals surface area contributed by atoms with Gasteiger partial charge in [-0.25, -0.2) is 4.79 Å². The topological polar surface area (TPSA) is 97.6 Å². The van der Waals surface area contributed by atoms with E-state index < -0.39 is 18.5 Å². The molecule has 2 aromatic rings. The van der Waals surface area contributed by atoms with Gasteiger partial charge in [-0.1, -0.05) is 0 Å². The number of furan rings is 1. The summed E-state index contributed by atoms with van der Waals surface area (Å²) < 4.78 is 9.91. The van der Waals surface area contributed by atoms with Crippen LogP contribution in [0.25, 0.3) is 0 Å². The van der Waals surface area contributed by atoms with E-state index in [0.717, 1.165) is 0 Å². The number of rotatable bonds is 5. The van der Waals surface area contributed by atoms with Crippen LogP contribution in [0, 0.1) is 6.92 Å². The Hall–Kier alpha value is -3.09. The number of hydrogen-bond donors (Lipinski definition) is 2. The molecule has 0 bridgehead atoms. The fraction of sp³-hybridized carbons (Fsp3) is 0.188. The van der Waals surface area contributed by atoms with E-state index >= 15 is 0 Å². The van der Waals surface area contributed by atoms with Crippen LogP contribution < -0.4 is 10.6 Å². The van der Waals surface area contributed by atoms with Gasteiger partial charge in [-0.2, -0.15) is 0 Å². The third-order valence-electron chi connectivity index (χ3n) is 2.90. The lowest BCUT2D eigenvalue weighted by molar-refractivity contribution is -0.119. The third kappa shape index (κ3) is 4.70. The Bertz CT molecular complexity index is 718. The highest BCUT2D eigenvalue weighted by molar-refractivity contribution is 5.96. The molecule has 7 nitrogen and oxygen atoms in total. The fourth-order valence-corrected chi connectivity index (χ4v) is 1.84. The minimum Gasteiger partial charge on any atom is -0.469 e. The summed E-state index contributed by atoms with van der Waals surface area (Å²) in [5.74, 6) is -0.827. The van der Waals surface area contributed by atoms with Crippen molar-refractivity contribution >= 4 is 29.2 Å². The Morgan fingerprint density at radius 2 is 1.65 bits per heavy atom. The maximum Gasteiger partial charge on any atom is 0.342 e. The van der Waals surface area contributed by atoms with E-state index in [1.807, 2.05) is 0 Å². The molecule has 7 heteroatoms. The molecule has 0 radical (unpaired) electrons. The summed E-state index contributed by atoms with van der Waals surface area (Å²) in [4.78, 5) is 34.4. The molecule has 23 heavy (non-hydrogen) atoms. The Kier molecular flexibility index (Phi) is 5.14. The first kappa shape index (κ1) is 16.3. The SMILES string of the molecule is CC(=O)Nc1ccc(NC(=O)COC(=O)c2ccoc2C)cc1. The Morgan fingerprint density at radius 3 is 2.17 bits per heavy atom. The zero-order valence-corrected chi connectivity index (χ0v) is 12.7. The van der Waals surface area contributed by atoms with Gasteiger partial charge in [0.05, 0.1) is 6.26 Å². The van der Waals surface area contributed by atoms with Gasteiger partial charge in [0.2, 0.25) is 5.91 Å². The molecular formula is C16H16N2O5. The fourth-order valence-electron chi connectivity index (χ4n) is 1.84. The lowest BCUT2D eigenvalue weighted by Crippen LogP contribution is -2.21. The van der Waals surface area contributed by atoms with Crippen LogP contribution in [0.2, 0.25) is 0 Å². The lowest BCUT2D eigenvalue weighted by atomic mass is 10.2. The highest BCUT2D eigenvalue weighted by Crippen LogP contribution is 2.14. The van der Waals surface area contributed by atoms with Crippen LogP contribution in [0.4, 0.5) is 11.4 Å². The van der Waals surface area contributed by atoms with Crippen LogP contribution in [-0.4, -0.2) is 24.4 Å². The Labute approximate surface area is 132 Å². The number of esters is 1. The van der Waals surface area contributed by atoms with Crippen molar-refractivity contribution in [3.63, 3.8) is 0 Å². The van der Waals surface area contributed by atoms with Crippen LogP contribution >= 0.6 is 0 Å².